The third-order valence-electron chi connectivity index (χ3n) is 1.85. The van der Waals surface area contributed by atoms with E-state index in [1.807, 2.05) is 0 Å². The Balaban J connectivity index is 3.63. The second kappa shape index (κ2) is 12.1. The molecule has 0 rings (SSSR count). The van der Waals surface area contributed by atoms with Crippen molar-refractivity contribution in [3.05, 3.63) is 25.7 Å². The third kappa shape index (κ3) is 11.8. The van der Waals surface area contributed by atoms with Crippen molar-refractivity contribution in [3.63, 3.8) is 0 Å². The van der Waals surface area contributed by atoms with Crippen LogP contribution in [0.5, 0.6) is 0 Å². The van der Waals surface area contributed by atoms with Crippen LogP contribution in [-0.4, -0.2) is 44.8 Å². The maximum absolute atomic E-state index is 11.3. The molecule has 2 amide bonds. The molecule has 2 N–H and O–H groups in total. The molecule has 0 aliphatic carbocycles. The highest BCUT2D eigenvalue weighted by Gasteiger charge is 2.09. The number of rotatable bonds is 12. The van der Waals surface area contributed by atoms with E-state index in [1.165, 1.54) is 0 Å². The second-order valence-corrected chi connectivity index (χ2v) is 5.65. The summed E-state index contributed by atoms with van der Waals surface area (Å²) in [5, 5.41) is 5.02. The zero-order valence-electron chi connectivity index (χ0n) is 11.4. The summed E-state index contributed by atoms with van der Waals surface area (Å²) in [5.41, 5.74) is 0. The first-order valence-corrected chi connectivity index (χ1v) is 8.34. The Morgan fingerprint density at radius 2 is 1.29 bits per heavy atom. The Morgan fingerprint density at radius 3 is 1.62 bits per heavy atom. The van der Waals surface area contributed by atoms with E-state index in [1.54, 1.807) is 0 Å². The standard InChI is InChI=1S/C11H18N2O6S2/c1-3-18-20(16)8-10(14)12-6-5-7-13-11(15)9-21(17)19-4-2/h3-4H,1-2,5-9H2,(H,12,14)(H,13,15). The predicted molar refractivity (Wildman–Crippen MR) is 79.2 cm³/mol. The van der Waals surface area contributed by atoms with E-state index in [0.717, 1.165) is 12.5 Å². The van der Waals surface area contributed by atoms with Crippen molar-refractivity contribution in [2.45, 2.75) is 6.42 Å². The fourth-order valence-corrected chi connectivity index (χ4v) is 2.15. The molecular formula is C11H18N2O6S2. The molecule has 0 aromatic rings. The van der Waals surface area contributed by atoms with Crippen LogP contribution < -0.4 is 10.6 Å². The summed E-state index contributed by atoms with van der Waals surface area (Å²) in [7, 11) is 0. The zero-order valence-corrected chi connectivity index (χ0v) is 13.0. The van der Waals surface area contributed by atoms with Gasteiger partial charge in [0, 0.05) is 13.1 Å². The Bertz CT molecular complexity index is 389. The first kappa shape index (κ1) is 19.3. The summed E-state index contributed by atoms with van der Waals surface area (Å²) in [6.45, 7) is 7.04. The molecule has 2 unspecified atom stereocenters. The zero-order chi connectivity index (χ0) is 16.1. The molecule has 0 spiro atoms. The van der Waals surface area contributed by atoms with Crippen LogP contribution in [0.3, 0.4) is 0 Å². The molecule has 0 aromatic carbocycles. The van der Waals surface area contributed by atoms with Crippen molar-refractivity contribution >= 4 is 34.0 Å². The third-order valence-corrected chi connectivity index (χ3v) is 3.54. The van der Waals surface area contributed by atoms with Gasteiger partial charge in [-0.2, -0.15) is 0 Å². The molecule has 0 radical (unpaired) electrons. The van der Waals surface area contributed by atoms with E-state index < -0.39 is 34.0 Å². The van der Waals surface area contributed by atoms with E-state index in [-0.39, 0.29) is 11.5 Å². The highest BCUT2D eigenvalue weighted by Crippen LogP contribution is 1.87. The van der Waals surface area contributed by atoms with Gasteiger partial charge in [-0.1, -0.05) is 13.2 Å². The van der Waals surface area contributed by atoms with Gasteiger partial charge in [0.05, 0.1) is 12.5 Å². The molecule has 0 aliphatic heterocycles. The molecule has 0 aliphatic rings. The van der Waals surface area contributed by atoms with Crippen LogP contribution in [-0.2, 0) is 40.1 Å². The Kier molecular flexibility index (Phi) is 11.1. The van der Waals surface area contributed by atoms with Crippen molar-refractivity contribution < 1.29 is 26.4 Å². The van der Waals surface area contributed by atoms with E-state index in [9.17, 15) is 18.0 Å². The van der Waals surface area contributed by atoms with Gasteiger partial charge >= 0.3 is 0 Å². The minimum Gasteiger partial charge on any atom is -0.409 e. The van der Waals surface area contributed by atoms with Crippen LogP contribution in [0.1, 0.15) is 6.42 Å². The topological polar surface area (TPSA) is 111 Å². The van der Waals surface area contributed by atoms with Crippen LogP contribution >= 0.6 is 0 Å². The lowest BCUT2D eigenvalue weighted by Crippen LogP contribution is -2.33. The maximum atomic E-state index is 11.3. The van der Waals surface area contributed by atoms with Crippen molar-refractivity contribution in [3.8, 4) is 0 Å². The predicted octanol–water partition coefficient (Wildman–Crippen LogP) is -0.743. The van der Waals surface area contributed by atoms with E-state index >= 15 is 0 Å². The monoisotopic (exact) mass is 338 g/mol. The first-order chi connectivity index (χ1) is 9.99. The summed E-state index contributed by atoms with van der Waals surface area (Å²) >= 11 is -3.46. The van der Waals surface area contributed by atoms with Gasteiger partial charge in [-0.15, -0.1) is 0 Å². The molecule has 2 atom stereocenters. The molecule has 0 bridgehead atoms. The number of hydrogen-bond donors (Lipinski definition) is 2. The maximum Gasteiger partial charge on any atom is 0.236 e. The quantitative estimate of drug-likeness (QED) is 0.358. The van der Waals surface area contributed by atoms with E-state index in [4.69, 9.17) is 0 Å². The first-order valence-electron chi connectivity index (χ1n) is 5.85. The molecule has 0 fully saturated rings. The van der Waals surface area contributed by atoms with Gasteiger partial charge in [-0.3, -0.25) is 9.59 Å². The van der Waals surface area contributed by atoms with Crippen molar-refractivity contribution in [1.82, 2.24) is 10.6 Å². The Morgan fingerprint density at radius 1 is 0.905 bits per heavy atom. The molecule has 21 heavy (non-hydrogen) atoms. The van der Waals surface area contributed by atoms with Gasteiger partial charge in [0.1, 0.15) is 11.5 Å². The van der Waals surface area contributed by atoms with Gasteiger partial charge in [0.25, 0.3) is 0 Å². The lowest BCUT2D eigenvalue weighted by molar-refractivity contribution is -0.119. The van der Waals surface area contributed by atoms with Crippen molar-refractivity contribution in [2.75, 3.05) is 24.6 Å². The van der Waals surface area contributed by atoms with E-state index in [0.29, 0.717) is 19.5 Å². The number of carbonyl (C=O) groups excluding carboxylic acids is 2. The Labute approximate surface area is 128 Å². The molecule has 120 valence electrons. The van der Waals surface area contributed by atoms with Crippen molar-refractivity contribution in [2.24, 2.45) is 0 Å². The number of carbonyl (C=O) groups is 2. The second-order valence-electron chi connectivity index (χ2n) is 3.48. The average Bonchev–Trinajstić information content (AvgIpc) is 2.38. The van der Waals surface area contributed by atoms with Crippen LogP contribution in [0.15, 0.2) is 25.7 Å². The molecular weight excluding hydrogens is 320 g/mol. The SMILES string of the molecule is C=COS(=O)CC(=O)NCCCNC(=O)CS(=O)OC=C. The summed E-state index contributed by atoms with van der Waals surface area (Å²) in [5.74, 6) is -1.42. The summed E-state index contributed by atoms with van der Waals surface area (Å²) < 4.78 is 31.1. The molecule has 8 nitrogen and oxygen atoms in total. The molecule has 0 saturated heterocycles. The van der Waals surface area contributed by atoms with Crippen LogP contribution in [0.4, 0.5) is 0 Å². The number of amides is 2. The molecule has 0 aromatic heterocycles. The highest BCUT2D eigenvalue weighted by molar-refractivity contribution is 7.81. The summed E-state index contributed by atoms with van der Waals surface area (Å²) in [6.07, 6.45) is 2.47. The van der Waals surface area contributed by atoms with Crippen LogP contribution in [0.2, 0.25) is 0 Å². The summed E-state index contributed by atoms with van der Waals surface area (Å²) in [4.78, 5) is 22.5. The normalized spacial score (nSPS) is 12.6. The minimum atomic E-state index is -1.73. The molecule has 0 saturated carbocycles. The largest absolute Gasteiger partial charge is 0.409 e. The molecule has 0 heterocycles. The Hall–Kier alpha value is -1.68. The van der Waals surface area contributed by atoms with Gasteiger partial charge < -0.3 is 19.0 Å². The molecule has 10 heteroatoms. The van der Waals surface area contributed by atoms with Gasteiger partial charge in [-0.25, -0.2) is 8.42 Å². The lowest BCUT2D eigenvalue weighted by atomic mass is 10.4. The van der Waals surface area contributed by atoms with Gasteiger partial charge in [0.2, 0.25) is 34.0 Å². The summed E-state index contributed by atoms with van der Waals surface area (Å²) in [6, 6.07) is 0. The number of nitrogens with one attached hydrogen (secondary N) is 2. The average molecular weight is 338 g/mol. The number of hydrogen-bond acceptors (Lipinski definition) is 6. The smallest absolute Gasteiger partial charge is 0.236 e. The van der Waals surface area contributed by atoms with Gasteiger partial charge in [0.15, 0.2) is 0 Å². The van der Waals surface area contributed by atoms with Crippen molar-refractivity contribution in [1.29, 1.82) is 0 Å². The lowest BCUT2D eigenvalue weighted by Gasteiger charge is -2.06. The van der Waals surface area contributed by atoms with E-state index in [2.05, 4.69) is 32.2 Å². The van der Waals surface area contributed by atoms with Gasteiger partial charge in [-0.05, 0) is 6.42 Å². The fourth-order valence-electron chi connectivity index (χ4n) is 1.08. The fraction of sp³-hybridized carbons (Fsp3) is 0.455. The van der Waals surface area contributed by atoms with Crippen LogP contribution in [0, 0.1) is 0 Å². The minimum absolute atomic E-state index is 0.281. The van der Waals surface area contributed by atoms with Crippen LogP contribution in [0.25, 0.3) is 0 Å². The highest BCUT2D eigenvalue weighted by atomic mass is 32.2.